The molecular formula is C38H38O2S. The molecule has 0 bridgehead atoms. The van der Waals surface area contributed by atoms with Gasteiger partial charge in [0.1, 0.15) is 22.3 Å². The van der Waals surface area contributed by atoms with E-state index in [1.54, 1.807) is 0 Å². The molecule has 0 atom stereocenters. The maximum Gasteiger partial charge on any atom is 0.139 e. The second-order valence-corrected chi connectivity index (χ2v) is 12.3. The van der Waals surface area contributed by atoms with Gasteiger partial charge < -0.3 is 8.83 Å². The molecule has 0 saturated carbocycles. The monoisotopic (exact) mass is 558 g/mol. The summed E-state index contributed by atoms with van der Waals surface area (Å²) in [5, 5.41) is 4.55. The molecule has 0 aliphatic carbocycles. The first kappa shape index (κ1) is 27.5. The summed E-state index contributed by atoms with van der Waals surface area (Å²) in [4.78, 5) is 1.41. The molecule has 3 heteroatoms. The van der Waals surface area contributed by atoms with E-state index >= 15 is 0 Å². The molecular weight excluding hydrogens is 520 g/mol. The summed E-state index contributed by atoms with van der Waals surface area (Å²) in [7, 11) is 0. The van der Waals surface area contributed by atoms with Crippen LogP contribution in [0.5, 0.6) is 0 Å². The molecule has 0 aliphatic rings. The minimum Gasteiger partial charge on any atom is -0.456 e. The van der Waals surface area contributed by atoms with Crippen LogP contribution in [0.1, 0.15) is 64.9 Å². The summed E-state index contributed by atoms with van der Waals surface area (Å²) < 4.78 is 12.5. The van der Waals surface area contributed by atoms with Gasteiger partial charge in [0.15, 0.2) is 0 Å². The van der Waals surface area contributed by atoms with E-state index in [9.17, 15) is 0 Å². The highest BCUT2D eigenvalue weighted by molar-refractivity contribution is 8.02. The molecule has 4 aromatic carbocycles. The van der Waals surface area contributed by atoms with Gasteiger partial charge in [-0.05, 0) is 90.1 Å². The lowest BCUT2D eigenvalue weighted by atomic mass is 9.97. The Morgan fingerprint density at radius 2 is 1.29 bits per heavy atom. The molecule has 2 heterocycles. The smallest absolute Gasteiger partial charge is 0.139 e. The molecule has 0 N–H and O–H groups in total. The lowest BCUT2D eigenvalue weighted by Crippen LogP contribution is -1.94. The summed E-state index contributed by atoms with van der Waals surface area (Å²) in [5.74, 6) is 0.933. The molecule has 6 rings (SSSR count). The van der Waals surface area contributed by atoms with Gasteiger partial charge in [-0.15, -0.1) is 11.8 Å². The number of thioether (sulfide) groups is 1. The fourth-order valence-electron chi connectivity index (χ4n) is 5.77. The van der Waals surface area contributed by atoms with Crippen molar-refractivity contribution in [2.24, 2.45) is 0 Å². The number of allylic oxidation sites excluding steroid dienone is 3. The Morgan fingerprint density at radius 1 is 0.659 bits per heavy atom. The Balaban J connectivity index is 1.34. The first-order valence-corrected chi connectivity index (χ1v) is 15.9. The van der Waals surface area contributed by atoms with Crippen molar-refractivity contribution in [3.63, 3.8) is 0 Å². The maximum absolute atomic E-state index is 6.29. The van der Waals surface area contributed by atoms with Crippen LogP contribution in [0.3, 0.4) is 0 Å². The third-order valence-electron chi connectivity index (χ3n) is 8.15. The van der Waals surface area contributed by atoms with Crippen molar-refractivity contribution in [2.75, 3.05) is 0 Å². The zero-order valence-electron chi connectivity index (χ0n) is 24.4. The maximum atomic E-state index is 6.29. The van der Waals surface area contributed by atoms with E-state index in [-0.39, 0.29) is 0 Å². The van der Waals surface area contributed by atoms with Crippen LogP contribution < -0.4 is 0 Å². The first-order chi connectivity index (χ1) is 20.1. The van der Waals surface area contributed by atoms with Gasteiger partial charge in [0, 0.05) is 33.4 Å². The Morgan fingerprint density at radius 3 is 2.00 bits per heavy atom. The van der Waals surface area contributed by atoms with E-state index in [2.05, 4.69) is 106 Å². The summed E-state index contributed by atoms with van der Waals surface area (Å²) in [6.45, 7) is 11.3. The Kier molecular flexibility index (Phi) is 8.07. The molecule has 0 fully saturated rings. The van der Waals surface area contributed by atoms with Gasteiger partial charge in [-0.1, -0.05) is 81.3 Å². The Bertz CT molecular complexity index is 1880. The van der Waals surface area contributed by atoms with Gasteiger partial charge in [-0.3, -0.25) is 0 Å². The standard InChI is InChI=1S/C38H38O2S/c1-5-7-12-25(3)30(15-8-6-2)26(4)41-24-27-16-18-35-31(20-27)33-22-34-32-21-29(28-13-10-9-11-14-28)17-19-36(32)40-38(34)23-37(33)39-35/h9-11,13-14,16-23H,3,5-8,12,15,24H2,1-2,4H3/b30-26-. The van der Waals surface area contributed by atoms with Crippen molar-refractivity contribution in [1.29, 1.82) is 0 Å². The van der Waals surface area contributed by atoms with Gasteiger partial charge >= 0.3 is 0 Å². The number of unbranched alkanes of at least 4 members (excludes halogenated alkanes) is 2. The van der Waals surface area contributed by atoms with Crippen LogP contribution >= 0.6 is 11.8 Å². The highest BCUT2D eigenvalue weighted by Gasteiger charge is 2.15. The van der Waals surface area contributed by atoms with Gasteiger partial charge in [-0.25, -0.2) is 0 Å². The lowest BCUT2D eigenvalue weighted by Gasteiger charge is -2.15. The minimum absolute atomic E-state index is 0.858. The second-order valence-electron chi connectivity index (χ2n) is 11.1. The molecule has 0 amide bonds. The number of benzene rings is 4. The molecule has 208 valence electrons. The van der Waals surface area contributed by atoms with Gasteiger partial charge in [0.05, 0.1) is 0 Å². The Hall–Kier alpha value is -3.69. The summed E-state index contributed by atoms with van der Waals surface area (Å²) in [6, 6.07) is 27.9. The van der Waals surface area contributed by atoms with E-state index in [0.29, 0.717) is 0 Å². The van der Waals surface area contributed by atoms with Crippen molar-refractivity contribution in [1.82, 2.24) is 0 Å². The fraction of sp³-hybridized carbons (Fsp3) is 0.263. The van der Waals surface area contributed by atoms with E-state index in [0.717, 1.165) is 62.5 Å². The van der Waals surface area contributed by atoms with Gasteiger partial charge in [-0.2, -0.15) is 0 Å². The van der Waals surface area contributed by atoms with E-state index in [4.69, 9.17) is 8.83 Å². The van der Waals surface area contributed by atoms with Crippen LogP contribution in [0, 0.1) is 0 Å². The van der Waals surface area contributed by atoms with Crippen LogP contribution in [-0.4, -0.2) is 0 Å². The Labute approximate surface area is 247 Å². The van der Waals surface area contributed by atoms with Crippen molar-refractivity contribution in [3.8, 4) is 11.1 Å². The summed E-state index contributed by atoms with van der Waals surface area (Å²) in [6.07, 6.45) is 7.08. The molecule has 2 aromatic heterocycles. The molecule has 6 aromatic rings. The third-order valence-corrected chi connectivity index (χ3v) is 9.31. The summed E-state index contributed by atoms with van der Waals surface area (Å²) in [5.41, 5.74) is 10.0. The van der Waals surface area contributed by atoms with Crippen molar-refractivity contribution in [2.45, 2.75) is 65.0 Å². The SMILES string of the molecule is C=C(CCCC)/C(CCCC)=C(/C)SCc1ccc2oc3cc4oc5ccc(-c6ccccc6)cc5c4cc3c2c1. The van der Waals surface area contributed by atoms with E-state index in [1.165, 1.54) is 58.4 Å². The van der Waals surface area contributed by atoms with E-state index < -0.39 is 0 Å². The number of hydrogen-bond acceptors (Lipinski definition) is 3. The van der Waals surface area contributed by atoms with Crippen LogP contribution in [0.25, 0.3) is 55.0 Å². The lowest BCUT2D eigenvalue weighted by molar-refractivity contribution is 0.656. The molecule has 0 aliphatic heterocycles. The van der Waals surface area contributed by atoms with Crippen LogP contribution in [0.2, 0.25) is 0 Å². The number of fused-ring (bicyclic) bond motifs is 6. The molecule has 0 unspecified atom stereocenters. The quantitative estimate of drug-likeness (QED) is 0.148. The normalized spacial score (nSPS) is 12.6. The second kappa shape index (κ2) is 12.0. The average Bonchev–Trinajstić information content (AvgIpc) is 3.54. The first-order valence-electron chi connectivity index (χ1n) is 14.9. The molecule has 0 spiro atoms. The largest absolute Gasteiger partial charge is 0.456 e. The average molecular weight is 559 g/mol. The van der Waals surface area contributed by atoms with Crippen molar-refractivity contribution < 1.29 is 8.83 Å². The molecule has 0 saturated heterocycles. The molecule has 2 nitrogen and oxygen atoms in total. The third kappa shape index (κ3) is 5.61. The predicted octanol–water partition coefficient (Wildman–Crippen LogP) is 12.6. The molecule has 41 heavy (non-hydrogen) atoms. The van der Waals surface area contributed by atoms with Crippen LogP contribution in [0.4, 0.5) is 0 Å². The number of hydrogen-bond donors (Lipinski definition) is 0. The van der Waals surface area contributed by atoms with Crippen molar-refractivity contribution >= 4 is 55.6 Å². The highest BCUT2D eigenvalue weighted by atomic mass is 32.2. The fourth-order valence-corrected chi connectivity index (χ4v) is 6.75. The highest BCUT2D eigenvalue weighted by Crippen LogP contribution is 2.39. The van der Waals surface area contributed by atoms with Gasteiger partial charge in [0.25, 0.3) is 0 Å². The zero-order valence-corrected chi connectivity index (χ0v) is 25.2. The van der Waals surface area contributed by atoms with Crippen LogP contribution in [-0.2, 0) is 5.75 Å². The number of furan rings is 2. The van der Waals surface area contributed by atoms with Crippen LogP contribution in [0.15, 0.2) is 110 Å². The van der Waals surface area contributed by atoms with E-state index in [1.807, 2.05) is 11.8 Å². The topological polar surface area (TPSA) is 26.3 Å². The molecule has 0 radical (unpaired) electrons. The van der Waals surface area contributed by atoms with Gasteiger partial charge in [0.2, 0.25) is 0 Å². The predicted molar refractivity (Wildman–Crippen MR) is 179 cm³/mol. The summed E-state index contributed by atoms with van der Waals surface area (Å²) >= 11 is 1.94. The zero-order chi connectivity index (χ0) is 28.3. The minimum atomic E-state index is 0.858. The van der Waals surface area contributed by atoms with Crippen molar-refractivity contribution in [3.05, 3.63) is 107 Å². The number of rotatable bonds is 11.